The molecule has 0 saturated heterocycles. The van der Waals surface area contributed by atoms with Crippen molar-refractivity contribution < 1.29 is 0 Å². The SMILES string of the molecule is NC1(CC2CC2)CCCC1. The molecule has 0 unspecified atom stereocenters. The molecule has 0 aliphatic heterocycles. The lowest BCUT2D eigenvalue weighted by atomic mass is 9.92. The van der Waals surface area contributed by atoms with E-state index in [0.29, 0.717) is 0 Å². The second-order valence-electron chi connectivity index (χ2n) is 4.22. The van der Waals surface area contributed by atoms with E-state index >= 15 is 0 Å². The lowest BCUT2D eigenvalue weighted by Crippen LogP contribution is -2.36. The molecule has 0 aromatic heterocycles. The Morgan fingerprint density at radius 1 is 1.20 bits per heavy atom. The van der Waals surface area contributed by atoms with Gasteiger partial charge in [-0.3, -0.25) is 0 Å². The molecule has 0 bridgehead atoms. The van der Waals surface area contributed by atoms with E-state index in [4.69, 9.17) is 5.73 Å². The average Bonchev–Trinajstić information content (AvgIpc) is 2.56. The standard InChI is InChI=1S/C9H17N/c10-9(5-1-2-6-9)7-8-3-4-8/h8H,1-7,10H2. The highest BCUT2D eigenvalue weighted by atomic mass is 14.8. The summed E-state index contributed by atoms with van der Waals surface area (Å²) >= 11 is 0. The van der Waals surface area contributed by atoms with Crippen molar-refractivity contribution in [3.63, 3.8) is 0 Å². The summed E-state index contributed by atoms with van der Waals surface area (Å²) in [6, 6.07) is 0. The highest BCUT2D eigenvalue weighted by Crippen LogP contribution is 2.41. The Kier molecular flexibility index (Phi) is 1.48. The Bertz CT molecular complexity index is 121. The topological polar surface area (TPSA) is 26.0 Å². The van der Waals surface area contributed by atoms with Gasteiger partial charge in [0.2, 0.25) is 0 Å². The van der Waals surface area contributed by atoms with E-state index in [1.54, 1.807) is 0 Å². The third-order valence-electron chi connectivity index (χ3n) is 2.99. The fraction of sp³-hybridized carbons (Fsp3) is 1.00. The van der Waals surface area contributed by atoms with Gasteiger partial charge >= 0.3 is 0 Å². The van der Waals surface area contributed by atoms with E-state index < -0.39 is 0 Å². The second kappa shape index (κ2) is 2.23. The van der Waals surface area contributed by atoms with Gasteiger partial charge in [-0.2, -0.15) is 0 Å². The Balaban J connectivity index is 1.86. The van der Waals surface area contributed by atoms with Crippen LogP contribution in [0.4, 0.5) is 0 Å². The lowest BCUT2D eigenvalue weighted by molar-refractivity contribution is 0.383. The van der Waals surface area contributed by atoms with E-state index in [9.17, 15) is 0 Å². The maximum atomic E-state index is 6.20. The van der Waals surface area contributed by atoms with Crippen LogP contribution < -0.4 is 5.73 Å². The van der Waals surface area contributed by atoms with Crippen molar-refractivity contribution in [1.29, 1.82) is 0 Å². The number of rotatable bonds is 2. The molecule has 2 rings (SSSR count). The summed E-state index contributed by atoms with van der Waals surface area (Å²) in [7, 11) is 0. The highest BCUT2D eigenvalue weighted by Gasteiger charge is 2.35. The van der Waals surface area contributed by atoms with Gasteiger partial charge in [-0.15, -0.1) is 0 Å². The van der Waals surface area contributed by atoms with Crippen LogP contribution in [0, 0.1) is 5.92 Å². The van der Waals surface area contributed by atoms with Gasteiger partial charge in [-0.25, -0.2) is 0 Å². The maximum absolute atomic E-state index is 6.20. The Morgan fingerprint density at radius 2 is 1.80 bits per heavy atom. The minimum absolute atomic E-state index is 0.279. The molecule has 2 fully saturated rings. The first-order valence-electron chi connectivity index (χ1n) is 4.57. The quantitative estimate of drug-likeness (QED) is 0.622. The molecule has 58 valence electrons. The molecule has 0 aromatic carbocycles. The first-order valence-corrected chi connectivity index (χ1v) is 4.57. The highest BCUT2D eigenvalue weighted by molar-refractivity contribution is 4.93. The van der Waals surface area contributed by atoms with E-state index in [1.165, 1.54) is 44.9 Å². The van der Waals surface area contributed by atoms with Crippen LogP contribution >= 0.6 is 0 Å². The van der Waals surface area contributed by atoms with Crippen LogP contribution in [0.1, 0.15) is 44.9 Å². The molecule has 2 aliphatic rings. The minimum atomic E-state index is 0.279. The Labute approximate surface area is 63.0 Å². The van der Waals surface area contributed by atoms with Crippen molar-refractivity contribution >= 4 is 0 Å². The summed E-state index contributed by atoms with van der Waals surface area (Å²) in [5.74, 6) is 1.02. The fourth-order valence-corrected chi connectivity index (χ4v) is 2.18. The van der Waals surface area contributed by atoms with Crippen LogP contribution in [0.5, 0.6) is 0 Å². The monoisotopic (exact) mass is 139 g/mol. The largest absolute Gasteiger partial charge is 0.325 e. The molecular weight excluding hydrogens is 122 g/mol. The van der Waals surface area contributed by atoms with Gasteiger partial charge in [0.1, 0.15) is 0 Å². The first-order chi connectivity index (χ1) is 4.79. The fourth-order valence-electron chi connectivity index (χ4n) is 2.18. The minimum Gasteiger partial charge on any atom is -0.325 e. The summed E-state index contributed by atoms with van der Waals surface area (Å²) in [5, 5.41) is 0. The molecular formula is C9H17N. The molecule has 1 heteroatoms. The van der Waals surface area contributed by atoms with Gasteiger partial charge in [0.15, 0.2) is 0 Å². The van der Waals surface area contributed by atoms with Gasteiger partial charge < -0.3 is 5.73 Å². The summed E-state index contributed by atoms with van der Waals surface area (Å²) in [5.41, 5.74) is 6.48. The summed E-state index contributed by atoms with van der Waals surface area (Å²) in [6.07, 6.45) is 9.59. The summed E-state index contributed by atoms with van der Waals surface area (Å²) in [6.45, 7) is 0. The molecule has 2 saturated carbocycles. The smallest absolute Gasteiger partial charge is 0.0157 e. The number of hydrogen-bond donors (Lipinski definition) is 1. The van der Waals surface area contributed by atoms with Crippen molar-refractivity contribution in [2.75, 3.05) is 0 Å². The third kappa shape index (κ3) is 1.34. The van der Waals surface area contributed by atoms with Crippen molar-refractivity contribution in [3.8, 4) is 0 Å². The van der Waals surface area contributed by atoms with E-state index in [1.807, 2.05) is 0 Å². The second-order valence-corrected chi connectivity index (χ2v) is 4.22. The molecule has 2 aliphatic carbocycles. The van der Waals surface area contributed by atoms with Gasteiger partial charge in [-0.05, 0) is 25.2 Å². The predicted molar refractivity (Wildman–Crippen MR) is 42.7 cm³/mol. The molecule has 0 spiro atoms. The Hall–Kier alpha value is -0.0400. The maximum Gasteiger partial charge on any atom is 0.0157 e. The first kappa shape index (κ1) is 6.66. The van der Waals surface area contributed by atoms with Gasteiger partial charge in [0, 0.05) is 5.54 Å². The van der Waals surface area contributed by atoms with Gasteiger partial charge in [-0.1, -0.05) is 25.7 Å². The normalized spacial score (nSPS) is 30.9. The van der Waals surface area contributed by atoms with Crippen molar-refractivity contribution in [2.45, 2.75) is 50.5 Å². The predicted octanol–water partition coefficient (Wildman–Crippen LogP) is 2.06. The molecule has 0 heterocycles. The molecule has 0 amide bonds. The molecule has 2 N–H and O–H groups in total. The van der Waals surface area contributed by atoms with E-state index in [-0.39, 0.29) is 5.54 Å². The van der Waals surface area contributed by atoms with E-state index in [0.717, 1.165) is 5.92 Å². The van der Waals surface area contributed by atoms with Crippen LogP contribution in [-0.4, -0.2) is 5.54 Å². The molecule has 0 aromatic rings. The molecule has 0 atom stereocenters. The number of hydrogen-bond acceptors (Lipinski definition) is 1. The van der Waals surface area contributed by atoms with Gasteiger partial charge in [0.05, 0.1) is 0 Å². The van der Waals surface area contributed by atoms with Crippen LogP contribution in [0.3, 0.4) is 0 Å². The zero-order valence-corrected chi connectivity index (χ0v) is 6.60. The summed E-state index contributed by atoms with van der Waals surface area (Å²) < 4.78 is 0. The zero-order chi connectivity index (χ0) is 7.03. The van der Waals surface area contributed by atoms with Crippen LogP contribution in [0.25, 0.3) is 0 Å². The van der Waals surface area contributed by atoms with Gasteiger partial charge in [0.25, 0.3) is 0 Å². The summed E-state index contributed by atoms with van der Waals surface area (Å²) in [4.78, 5) is 0. The third-order valence-corrected chi connectivity index (χ3v) is 2.99. The average molecular weight is 139 g/mol. The van der Waals surface area contributed by atoms with Crippen LogP contribution in [0.15, 0.2) is 0 Å². The molecule has 1 nitrogen and oxygen atoms in total. The van der Waals surface area contributed by atoms with E-state index in [2.05, 4.69) is 0 Å². The zero-order valence-electron chi connectivity index (χ0n) is 6.60. The molecule has 0 radical (unpaired) electrons. The number of nitrogens with two attached hydrogens (primary N) is 1. The van der Waals surface area contributed by atoms with Crippen molar-refractivity contribution in [3.05, 3.63) is 0 Å². The lowest BCUT2D eigenvalue weighted by Gasteiger charge is -2.22. The van der Waals surface area contributed by atoms with Crippen molar-refractivity contribution in [1.82, 2.24) is 0 Å². The Morgan fingerprint density at radius 3 is 2.30 bits per heavy atom. The van der Waals surface area contributed by atoms with Crippen molar-refractivity contribution in [2.24, 2.45) is 11.7 Å². The molecule has 10 heavy (non-hydrogen) atoms. The van der Waals surface area contributed by atoms with Crippen LogP contribution in [-0.2, 0) is 0 Å². The van der Waals surface area contributed by atoms with Crippen LogP contribution in [0.2, 0.25) is 0 Å².